The molecule has 14 heteroatoms. The SMILES string of the molecule is CC12C(=O)N(c3ccc(F)c(Cl)c3)C(=O)C1CC1C(=CCC3C(=O)N(CCc4ccc(O)cc4)C(=O)C31)C2c1cc(OC(F)(F)F)ccc1O. The van der Waals surface area contributed by atoms with Crippen molar-refractivity contribution < 1.29 is 51.7 Å². The normalized spacial score (nSPS) is 27.6. The summed E-state index contributed by atoms with van der Waals surface area (Å²) < 4.78 is 58.2. The predicted molar refractivity (Wildman–Crippen MR) is 169 cm³/mol. The van der Waals surface area contributed by atoms with Gasteiger partial charge in [0.25, 0.3) is 0 Å². The molecular weight excluding hydrogens is 684 g/mol. The Morgan fingerprint density at radius 3 is 2.34 bits per heavy atom. The monoisotopic (exact) mass is 712 g/mol. The molecule has 2 saturated heterocycles. The summed E-state index contributed by atoms with van der Waals surface area (Å²) in [4.78, 5) is 58.6. The van der Waals surface area contributed by atoms with Gasteiger partial charge in [-0.15, -0.1) is 13.2 Å². The molecule has 4 aliphatic rings. The number of benzene rings is 3. The van der Waals surface area contributed by atoms with Gasteiger partial charge in [-0.25, -0.2) is 9.29 Å². The highest BCUT2D eigenvalue weighted by molar-refractivity contribution is 6.31. The molecule has 6 atom stereocenters. The van der Waals surface area contributed by atoms with Crippen LogP contribution >= 0.6 is 11.6 Å². The average Bonchev–Trinajstić information content (AvgIpc) is 3.41. The second-order valence-electron chi connectivity index (χ2n) is 13.3. The number of ether oxygens (including phenoxy) is 1. The van der Waals surface area contributed by atoms with E-state index in [1.807, 2.05) is 0 Å². The van der Waals surface area contributed by atoms with Crippen LogP contribution in [0.25, 0.3) is 0 Å². The molecule has 50 heavy (non-hydrogen) atoms. The minimum absolute atomic E-state index is 0.0264. The van der Waals surface area contributed by atoms with Crippen molar-refractivity contribution >= 4 is 40.9 Å². The number of rotatable bonds is 6. The highest BCUT2D eigenvalue weighted by Crippen LogP contribution is 2.64. The highest BCUT2D eigenvalue weighted by atomic mass is 35.5. The zero-order valence-electron chi connectivity index (χ0n) is 26.3. The number of amides is 4. The van der Waals surface area contributed by atoms with Crippen LogP contribution in [0.2, 0.25) is 5.02 Å². The van der Waals surface area contributed by atoms with E-state index in [0.717, 1.165) is 40.8 Å². The van der Waals surface area contributed by atoms with Gasteiger partial charge in [-0.3, -0.25) is 24.1 Å². The number of carbonyl (C=O) groups is 4. The lowest BCUT2D eigenvalue weighted by atomic mass is 9.51. The molecule has 3 aromatic rings. The van der Waals surface area contributed by atoms with Gasteiger partial charge in [0.2, 0.25) is 23.6 Å². The standard InChI is InChI=1S/C36H29ClF4N2O7/c1-35-25(32(47)43(34(35)49)18-4-10-27(38)26(37)14-18)16-23-21(30(35)24-15-20(7-11-28(24)45)50-36(39,40)41)8-9-22-29(23)33(48)42(31(22)46)13-12-17-2-5-19(44)6-3-17/h2-8,10-11,14-15,22-23,25,29-30,44-45H,9,12-13,16H2,1H3. The number of imide groups is 2. The molecule has 7 rings (SSSR count). The predicted octanol–water partition coefficient (Wildman–Crippen LogP) is 6.26. The summed E-state index contributed by atoms with van der Waals surface area (Å²) in [5.41, 5.74) is -0.647. The average molecular weight is 713 g/mol. The van der Waals surface area contributed by atoms with E-state index in [1.54, 1.807) is 18.2 Å². The van der Waals surface area contributed by atoms with Gasteiger partial charge in [-0.05, 0) is 86.2 Å². The molecule has 0 aromatic heterocycles. The van der Waals surface area contributed by atoms with Gasteiger partial charge >= 0.3 is 6.36 Å². The fourth-order valence-electron chi connectivity index (χ4n) is 8.38. The van der Waals surface area contributed by atoms with E-state index in [4.69, 9.17) is 11.6 Å². The molecule has 2 heterocycles. The number of phenols is 2. The number of halogens is 5. The third-order valence-electron chi connectivity index (χ3n) is 10.6. The molecule has 0 bridgehead atoms. The molecule has 2 aliphatic carbocycles. The lowest BCUT2D eigenvalue weighted by Gasteiger charge is -2.49. The molecule has 2 N–H and O–H groups in total. The van der Waals surface area contributed by atoms with E-state index in [2.05, 4.69) is 4.74 Å². The van der Waals surface area contributed by atoms with Crippen molar-refractivity contribution in [1.29, 1.82) is 0 Å². The molecule has 6 unspecified atom stereocenters. The first-order valence-electron chi connectivity index (χ1n) is 15.8. The van der Waals surface area contributed by atoms with E-state index in [0.29, 0.717) is 12.0 Å². The van der Waals surface area contributed by atoms with Crippen LogP contribution in [0.5, 0.6) is 17.2 Å². The zero-order valence-corrected chi connectivity index (χ0v) is 27.0. The van der Waals surface area contributed by atoms with Crippen molar-refractivity contribution in [3.63, 3.8) is 0 Å². The number of alkyl halides is 3. The van der Waals surface area contributed by atoms with Gasteiger partial charge in [0.05, 0.1) is 33.9 Å². The van der Waals surface area contributed by atoms with Crippen molar-refractivity contribution in [3.8, 4) is 17.2 Å². The van der Waals surface area contributed by atoms with Gasteiger partial charge in [-0.2, -0.15) is 0 Å². The molecule has 260 valence electrons. The number of hydrogen-bond acceptors (Lipinski definition) is 7. The van der Waals surface area contributed by atoms with Crippen LogP contribution in [0.4, 0.5) is 23.2 Å². The topological polar surface area (TPSA) is 124 Å². The van der Waals surface area contributed by atoms with Crippen molar-refractivity contribution in [2.45, 2.75) is 38.5 Å². The molecule has 0 spiro atoms. The molecule has 0 radical (unpaired) electrons. The quantitative estimate of drug-likeness (QED) is 0.176. The second-order valence-corrected chi connectivity index (χ2v) is 13.7. The first kappa shape index (κ1) is 33.6. The molecule has 1 saturated carbocycles. The van der Waals surface area contributed by atoms with Crippen LogP contribution in [0.15, 0.2) is 72.3 Å². The lowest BCUT2D eigenvalue weighted by molar-refractivity contribution is -0.274. The molecule has 9 nitrogen and oxygen atoms in total. The number of aromatic hydroxyl groups is 2. The highest BCUT2D eigenvalue weighted by Gasteiger charge is 2.68. The summed E-state index contributed by atoms with van der Waals surface area (Å²) in [5.74, 6) is -9.12. The number of allylic oxidation sites excluding steroid dienone is 2. The summed E-state index contributed by atoms with van der Waals surface area (Å²) in [6, 6.07) is 12.5. The maximum atomic E-state index is 14.5. The smallest absolute Gasteiger partial charge is 0.508 e. The molecule has 3 fully saturated rings. The van der Waals surface area contributed by atoms with Crippen LogP contribution in [0.1, 0.15) is 36.8 Å². The first-order valence-corrected chi connectivity index (χ1v) is 16.2. The van der Waals surface area contributed by atoms with Crippen LogP contribution in [-0.4, -0.2) is 51.6 Å². The summed E-state index contributed by atoms with van der Waals surface area (Å²) >= 11 is 6.01. The fourth-order valence-corrected chi connectivity index (χ4v) is 8.55. The van der Waals surface area contributed by atoms with E-state index >= 15 is 0 Å². The third-order valence-corrected chi connectivity index (χ3v) is 10.9. The summed E-state index contributed by atoms with van der Waals surface area (Å²) in [7, 11) is 0. The van der Waals surface area contributed by atoms with Crippen molar-refractivity contribution in [1.82, 2.24) is 4.90 Å². The summed E-state index contributed by atoms with van der Waals surface area (Å²) in [6.07, 6.45) is -3.05. The van der Waals surface area contributed by atoms with E-state index in [-0.39, 0.29) is 41.4 Å². The largest absolute Gasteiger partial charge is 0.573 e. The zero-order chi connectivity index (χ0) is 35.9. The number of phenolic OH excluding ortho intramolecular Hbond substituents is 2. The van der Waals surface area contributed by atoms with E-state index in [1.165, 1.54) is 30.0 Å². The summed E-state index contributed by atoms with van der Waals surface area (Å²) in [6.45, 7) is 1.54. The second kappa shape index (κ2) is 11.9. The Labute approximate surface area is 287 Å². The minimum Gasteiger partial charge on any atom is -0.508 e. The maximum absolute atomic E-state index is 14.5. The number of carbonyl (C=O) groups excluding carboxylic acids is 4. The number of hydrogen-bond donors (Lipinski definition) is 2. The van der Waals surface area contributed by atoms with Gasteiger partial charge in [0.15, 0.2) is 0 Å². The molecular formula is C36H29ClF4N2O7. The number of likely N-dealkylation sites (tertiary alicyclic amines) is 1. The number of anilines is 1. The Morgan fingerprint density at radius 1 is 0.940 bits per heavy atom. The van der Waals surface area contributed by atoms with E-state index in [9.17, 15) is 47.0 Å². The van der Waals surface area contributed by atoms with Crippen LogP contribution in [0.3, 0.4) is 0 Å². The molecule has 3 aromatic carbocycles. The van der Waals surface area contributed by atoms with Gasteiger partial charge in [0.1, 0.15) is 23.1 Å². The Kier molecular flexibility index (Phi) is 7.96. The van der Waals surface area contributed by atoms with Crippen LogP contribution in [-0.2, 0) is 25.6 Å². The van der Waals surface area contributed by atoms with Gasteiger partial charge < -0.3 is 14.9 Å². The summed E-state index contributed by atoms with van der Waals surface area (Å²) in [5, 5.41) is 20.4. The number of nitrogens with zero attached hydrogens (tertiary/aromatic N) is 2. The number of fused-ring (bicyclic) bond motifs is 4. The lowest BCUT2D eigenvalue weighted by Crippen LogP contribution is -2.49. The van der Waals surface area contributed by atoms with Crippen LogP contribution in [0, 0.1) is 34.9 Å². The Balaban J connectivity index is 1.32. The third kappa shape index (κ3) is 5.29. The van der Waals surface area contributed by atoms with Crippen molar-refractivity contribution in [2.75, 3.05) is 11.4 Å². The molecule has 2 aliphatic heterocycles. The maximum Gasteiger partial charge on any atom is 0.573 e. The Morgan fingerprint density at radius 2 is 1.66 bits per heavy atom. The minimum atomic E-state index is -5.08. The first-order chi connectivity index (χ1) is 23.6. The van der Waals surface area contributed by atoms with Crippen LogP contribution < -0.4 is 9.64 Å². The van der Waals surface area contributed by atoms with Crippen molar-refractivity contribution in [2.24, 2.45) is 29.1 Å². The molecule has 4 amide bonds. The van der Waals surface area contributed by atoms with Crippen molar-refractivity contribution in [3.05, 3.63) is 94.3 Å². The Bertz CT molecular complexity index is 1980. The van der Waals surface area contributed by atoms with Gasteiger partial charge in [-0.1, -0.05) is 35.4 Å². The Hall–Kier alpha value is -4.91. The fraction of sp³-hybridized carbons (Fsp3) is 0.333. The van der Waals surface area contributed by atoms with E-state index < -0.39 is 82.3 Å². The van der Waals surface area contributed by atoms with Gasteiger partial charge in [0, 0.05) is 18.0 Å².